The van der Waals surface area contributed by atoms with Crippen LogP contribution in [0.15, 0.2) is 0 Å². The van der Waals surface area contributed by atoms with Crippen LogP contribution < -0.4 is 5.73 Å². The fourth-order valence-electron chi connectivity index (χ4n) is 1.96. The van der Waals surface area contributed by atoms with Gasteiger partial charge in [-0.05, 0) is 38.4 Å². The zero-order valence-corrected chi connectivity index (χ0v) is 10.3. The summed E-state index contributed by atoms with van der Waals surface area (Å²) < 4.78 is 22.5. The SMILES string of the molecule is CCS(=O)(=O)CCCN1CCC(CN)C1. The highest BCUT2D eigenvalue weighted by Crippen LogP contribution is 2.14. The average Bonchev–Trinajstić information content (AvgIpc) is 2.66. The molecule has 1 atom stereocenters. The van der Waals surface area contributed by atoms with E-state index in [1.54, 1.807) is 6.92 Å². The molecular formula is C10H22N2O2S. The van der Waals surface area contributed by atoms with Crippen molar-refractivity contribution in [3.63, 3.8) is 0 Å². The summed E-state index contributed by atoms with van der Waals surface area (Å²) in [6.07, 6.45) is 1.92. The quantitative estimate of drug-likeness (QED) is 0.707. The van der Waals surface area contributed by atoms with Crippen LogP contribution in [0.25, 0.3) is 0 Å². The zero-order valence-electron chi connectivity index (χ0n) is 9.48. The molecule has 0 aliphatic carbocycles. The van der Waals surface area contributed by atoms with E-state index in [1.165, 1.54) is 0 Å². The highest BCUT2D eigenvalue weighted by molar-refractivity contribution is 7.91. The normalized spacial score (nSPS) is 23.5. The molecule has 0 spiro atoms. The third-order valence-electron chi connectivity index (χ3n) is 3.07. The monoisotopic (exact) mass is 234 g/mol. The molecule has 1 aliphatic heterocycles. The van der Waals surface area contributed by atoms with E-state index in [9.17, 15) is 8.42 Å². The lowest BCUT2D eigenvalue weighted by molar-refractivity contribution is 0.326. The van der Waals surface area contributed by atoms with Crippen molar-refractivity contribution in [3.8, 4) is 0 Å². The Labute approximate surface area is 92.7 Å². The van der Waals surface area contributed by atoms with E-state index in [0.717, 1.165) is 39.0 Å². The van der Waals surface area contributed by atoms with Crippen LogP contribution in [0.2, 0.25) is 0 Å². The molecule has 4 nitrogen and oxygen atoms in total. The van der Waals surface area contributed by atoms with Gasteiger partial charge in [-0.15, -0.1) is 0 Å². The van der Waals surface area contributed by atoms with Crippen molar-refractivity contribution in [2.45, 2.75) is 19.8 Å². The van der Waals surface area contributed by atoms with Gasteiger partial charge in [-0.25, -0.2) is 8.42 Å². The molecule has 1 unspecified atom stereocenters. The maximum Gasteiger partial charge on any atom is 0.150 e. The van der Waals surface area contributed by atoms with Gasteiger partial charge in [-0.3, -0.25) is 0 Å². The van der Waals surface area contributed by atoms with Crippen molar-refractivity contribution in [1.82, 2.24) is 4.90 Å². The van der Waals surface area contributed by atoms with Gasteiger partial charge in [0, 0.05) is 12.3 Å². The number of likely N-dealkylation sites (tertiary alicyclic amines) is 1. The first-order valence-electron chi connectivity index (χ1n) is 5.70. The third kappa shape index (κ3) is 4.49. The molecule has 0 bridgehead atoms. The largest absolute Gasteiger partial charge is 0.330 e. The molecule has 1 heterocycles. The molecule has 2 N–H and O–H groups in total. The Bertz CT molecular complexity index is 277. The molecular weight excluding hydrogens is 212 g/mol. The molecule has 0 aromatic heterocycles. The molecule has 1 fully saturated rings. The Kier molecular flexibility index (Phi) is 5.02. The van der Waals surface area contributed by atoms with E-state index in [4.69, 9.17) is 5.73 Å². The maximum absolute atomic E-state index is 11.3. The number of nitrogens with two attached hydrogens (primary N) is 1. The van der Waals surface area contributed by atoms with Gasteiger partial charge >= 0.3 is 0 Å². The molecule has 1 saturated heterocycles. The number of sulfone groups is 1. The smallest absolute Gasteiger partial charge is 0.150 e. The summed E-state index contributed by atoms with van der Waals surface area (Å²) in [7, 11) is -2.78. The van der Waals surface area contributed by atoms with Crippen LogP contribution in [-0.2, 0) is 9.84 Å². The van der Waals surface area contributed by atoms with Crippen LogP contribution in [-0.4, -0.2) is 51.0 Å². The minimum absolute atomic E-state index is 0.262. The molecule has 0 aromatic rings. The highest BCUT2D eigenvalue weighted by Gasteiger charge is 2.20. The lowest BCUT2D eigenvalue weighted by atomic mass is 10.1. The summed E-state index contributed by atoms with van der Waals surface area (Å²) in [5.41, 5.74) is 5.59. The van der Waals surface area contributed by atoms with E-state index in [1.807, 2.05) is 0 Å². The maximum atomic E-state index is 11.3. The fourth-order valence-corrected chi connectivity index (χ4v) is 2.82. The Morgan fingerprint density at radius 3 is 2.73 bits per heavy atom. The Morgan fingerprint density at radius 1 is 1.47 bits per heavy atom. The summed E-state index contributed by atoms with van der Waals surface area (Å²) in [6, 6.07) is 0. The molecule has 5 heteroatoms. The number of nitrogens with zero attached hydrogens (tertiary/aromatic N) is 1. The lowest BCUT2D eigenvalue weighted by Crippen LogP contribution is -2.25. The first kappa shape index (κ1) is 12.9. The van der Waals surface area contributed by atoms with Crippen molar-refractivity contribution < 1.29 is 8.42 Å². The van der Waals surface area contributed by atoms with Gasteiger partial charge in [-0.2, -0.15) is 0 Å². The van der Waals surface area contributed by atoms with Crippen molar-refractivity contribution in [3.05, 3.63) is 0 Å². The van der Waals surface area contributed by atoms with E-state index < -0.39 is 9.84 Å². The fraction of sp³-hybridized carbons (Fsp3) is 1.00. The van der Waals surface area contributed by atoms with Crippen LogP contribution in [0, 0.1) is 5.92 Å². The second-order valence-corrected chi connectivity index (χ2v) is 6.75. The molecule has 0 saturated carbocycles. The molecule has 0 radical (unpaired) electrons. The van der Waals surface area contributed by atoms with Crippen molar-refractivity contribution >= 4 is 9.84 Å². The topological polar surface area (TPSA) is 63.4 Å². The predicted octanol–water partition coefficient (Wildman–Crippen LogP) is 0.0918. The number of rotatable bonds is 6. The molecule has 0 aromatic carbocycles. The molecule has 15 heavy (non-hydrogen) atoms. The van der Waals surface area contributed by atoms with E-state index in [2.05, 4.69) is 4.90 Å². The van der Waals surface area contributed by atoms with Crippen molar-refractivity contribution in [2.24, 2.45) is 11.7 Å². The molecule has 1 rings (SSSR count). The second-order valence-electron chi connectivity index (χ2n) is 4.28. The van der Waals surface area contributed by atoms with Gasteiger partial charge < -0.3 is 10.6 Å². The molecule has 90 valence electrons. The Morgan fingerprint density at radius 2 is 2.20 bits per heavy atom. The Hall–Kier alpha value is -0.130. The first-order valence-corrected chi connectivity index (χ1v) is 7.52. The summed E-state index contributed by atoms with van der Waals surface area (Å²) >= 11 is 0. The summed E-state index contributed by atoms with van der Waals surface area (Å²) in [6.45, 7) is 5.48. The van der Waals surface area contributed by atoms with Crippen LogP contribution in [0.4, 0.5) is 0 Å². The standard InChI is InChI=1S/C10H22N2O2S/c1-2-15(13,14)7-3-5-12-6-4-10(8-11)9-12/h10H,2-9,11H2,1H3. The van der Waals surface area contributed by atoms with E-state index >= 15 is 0 Å². The van der Waals surface area contributed by atoms with Crippen LogP contribution in [0.3, 0.4) is 0 Å². The predicted molar refractivity (Wildman–Crippen MR) is 62.5 cm³/mol. The zero-order chi connectivity index (χ0) is 11.3. The summed E-state index contributed by atoms with van der Waals surface area (Å²) in [5, 5.41) is 0. The minimum atomic E-state index is -2.78. The van der Waals surface area contributed by atoms with Crippen molar-refractivity contribution in [1.29, 1.82) is 0 Å². The van der Waals surface area contributed by atoms with Gasteiger partial charge in [0.15, 0.2) is 0 Å². The van der Waals surface area contributed by atoms with Crippen molar-refractivity contribution in [2.75, 3.05) is 37.7 Å². The van der Waals surface area contributed by atoms with E-state index in [0.29, 0.717) is 11.7 Å². The third-order valence-corrected chi connectivity index (χ3v) is 4.86. The van der Waals surface area contributed by atoms with Crippen LogP contribution >= 0.6 is 0 Å². The summed E-state index contributed by atoms with van der Waals surface area (Å²) in [5.74, 6) is 1.21. The highest BCUT2D eigenvalue weighted by atomic mass is 32.2. The van der Waals surface area contributed by atoms with Gasteiger partial charge in [0.2, 0.25) is 0 Å². The van der Waals surface area contributed by atoms with Gasteiger partial charge in [0.05, 0.1) is 5.75 Å². The Balaban J connectivity index is 2.17. The second kappa shape index (κ2) is 5.82. The first-order chi connectivity index (χ1) is 7.07. The molecule has 0 amide bonds. The average molecular weight is 234 g/mol. The van der Waals surface area contributed by atoms with Gasteiger partial charge in [-0.1, -0.05) is 6.92 Å². The van der Waals surface area contributed by atoms with Crippen LogP contribution in [0.5, 0.6) is 0 Å². The lowest BCUT2D eigenvalue weighted by Gasteiger charge is -2.15. The van der Waals surface area contributed by atoms with E-state index in [-0.39, 0.29) is 5.75 Å². The summed E-state index contributed by atoms with van der Waals surface area (Å²) in [4.78, 5) is 2.32. The number of hydrogen-bond donors (Lipinski definition) is 1. The van der Waals surface area contributed by atoms with Gasteiger partial charge in [0.1, 0.15) is 9.84 Å². The minimum Gasteiger partial charge on any atom is -0.330 e. The van der Waals surface area contributed by atoms with Crippen LogP contribution in [0.1, 0.15) is 19.8 Å². The number of hydrogen-bond acceptors (Lipinski definition) is 4. The van der Waals surface area contributed by atoms with Gasteiger partial charge in [0.25, 0.3) is 0 Å². The molecule has 1 aliphatic rings.